The van der Waals surface area contributed by atoms with Gasteiger partial charge in [-0.05, 0) is 44.5 Å². The summed E-state index contributed by atoms with van der Waals surface area (Å²) in [5.41, 5.74) is -0.134. The smallest absolute Gasteiger partial charge is 0.183 e. The fraction of sp³-hybridized carbons (Fsp3) is 0.500. The molecule has 1 N–H and O–H groups in total. The molecule has 1 aliphatic heterocycles. The number of nitrogens with zero attached hydrogens (tertiary/aromatic N) is 2. The first-order chi connectivity index (χ1) is 9.11. The molecule has 0 amide bonds. The van der Waals surface area contributed by atoms with Crippen molar-refractivity contribution in [3.8, 4) is 6.07 Å². The van der Waals surface area contributed by atoms with Crippen LogP contribution < -0.4 is 5.32 Å². The van der Waals surface area contributed by atoms with Crippen molar-refractivity contribution in [1.82, 2.24) is 4.90 Å². The molecule has 102 valence electrons. The maximum atomic E-state index is 13.7. The number of piperidine rings is 1. The number of hydrogen-bond donors (Lipinski definition) is 1. The highest BCUT2D eigenvalue weighted by molar-refractivity contribution is 5.49. The van der Waals surface area contributed by atoms with Crippen LogP contribution in [0.1, 0.15) is 18.4 Å². The van der Waals surface area contributed by atoms with E-state index in [4.69, 9.17) is 5.26 Å². The quantitative estimate of drug-likeness (QED) is 0.913. The molecule has 1 aromatic rings. The van der Waals surface area contributed by atoms with E-state index < -0.39 is 11.6 Å². The van der Waals surface area contributed by atoms with Gasteiger partial charge in [0.1, 0.15) is 6.07 Å². The van der Waals surface area contributed by atoms with Gasteiger partial charge < -0.3 is 10.2 Å². The van der Waals surface area contributed by atoms with E-state index in [0.717, 1.165) is 25.9 Å². The van der Waals surface area contributed by atoms with Gasteiger partial charge in [-0.25, -0.2) is 8.78 Å². The third-order valence-corrected chi connectivity index (χ3v) is 3.51. The van der Waals surface area contributed by atoms with Crippen LogP contribution in [0.25, 0.3) is 0 Å². The van der Waals surface area contributed by atoms with Crippen LogP contribution in [0.2, 0.25) is 0 Å². The Kier molecular flexibility index (Phi) is 4.33. The minimum Gasteiger partial charge on any atom is -0.382 e. The number of benzene rings is 1. The van der Waals surface area contributed by atoms with E-state index in [1.807, 2.05) is 0 Å². The normalized spacial score (nSPS) is 20.0. The van der Waals surface area contributed by atoms with Gasteiger partial charge in [0.15, 0.2) is 11.6 Å². The van der Waals surface area contributed by atoms with Crippen molar-refractivity contribution < 1.29 is 8.78 Å². The van der Waals surface area contributed by atoms with Gasteiger partial charge in [-0.3, -0.25) is 0 Å². The summed E-state index contributed by atoms with van der Waals surface area (Å²) in [6, 6.07) is 4.34. The molecule has 1 aromatic carbocycles. The highest BCUT2D eigenvalue weighted by Gasteiger charge is 2.18. The van der Waals surface area contributed by atoms with Crippen molar-refractivity contribution in [3.05, 3.63) is 29.3 Å². The molecule has 1 fully saturated rings. The Hall–Kier alpha value is -1.67. The molecule has 0 aliphatic carbocycles. The fourth-order valence-electron chi connectivity index (χ4n) is 2.47. The van der Waals surface area contributed by atoms with Crippen LogP contribution in [0.15, 0.2) is 12.1 Å². The molecule has 5 heteroatoms. The first-order valence-corrected chi connectivity index (χ1v) is 6.42. The minimum atomic E-state index is -1.08. The van der Waals surface area contributed by atoms with Crippen molar-refractivity contribution in [3.63, 3.8) is 0 Å². The number of rotatable bonds is 3. The van der Waals surface area contributed by atoms with Gasteiger partial charge in [-0.1, -0.05) is 0 Å². The summed E-state index contributed by atoms with van der Waals surface area (Å²) in [5.74, 6) is -1.60. The number of halogens is 2. The number of likely N-dealkylation sites (tertiary alicyclic amines) is 1. The fourth-order valence-corrected chi connectivity index (χ4v) is 2.47. The lowest BCUT2D eigenvalue weighted by atomic mass is 9.98. The molecule has 0 bridgehead atoms. The lowest BCUT2D eigenvalue weighted by Gasteiger charge is -2.30. The standard InChI is InChI=1S/C14H17F2N3/c1-19-6-2-3-10(9-19)8-18-12-5-4-11(7-17)13(15)14(12)16/h4-5,10,18H,2-3,6,8-9H2,1H3. The predicted molar refractivity (Wildman–Crippen MR) is 69.8 cm³/mol. The van der Waals surface area contributed by atoms with E-state index in [1.165, 1.54) is 12.1 Å². The Morgan fingerprint density at radius 3 is 2.89 bits per heavy atom. The highest BCUT2D eigenvalue weighted by Crippen LogP contribution is 2.22. The maximum absolute atomic E-state index is 13.7. The highest BCUT2D eigenvalue weighted by atomic mass is 19.2. The molecular weight excluding hydrogens is 248 g/mol. The number of nitrogens with one attached hydrogen (secondary N) is 1. The van der Waals surface area contributed by atoms with E-state index >= 15 is 0 Å². The summed E-state index contributed by atoms with van der Waals surface area (Å²) in [4.78, 5) is 2.24. The molecule has 0 aromatic heterocycles. The van der Waals surface area contributed by atoms with Gasteiger partial charge in [-0.15, -0.1) is 0 Å². The average molecular weight is 265 g/mol. The molecule has 2 rings (SSSR count). The molecule has 1 heterocycles. The van der Waals surface area contributed by atoms with Gasteiger partial charge in [0.05, 0.1) is 11.3 Å². The lowest BCUT2D eigenvalue weighted by Crippen LogP contribution is -2.35. The van der Waals surface area contributed by atoms with Crippen molar-refractivity contribution in [1.29, 1.82) is 5.26 Å². The van der Waals surface area contributed by atoms with E-state index in [0.29, 0.717) is 12.5 Å². The molecule has 0 spiro atoms. The van der Waals surface area contributed by atoms with Gasteiger partial charge >= 0.3 is 0 Å². The van der Waals surface area contributed by atoms with Crippen molar-refractivity contribution >= 4 is 5.69 Å². The van der Waals surface area contributed by atoms with E-state index in [1.54, 1.807) is 6.07 Å². The second-order valence-electron chi connectivity index (χ2n) is 5.05. The molecule has 19 heavy (non-hydrogen) atoms. The van der Waals surface area contributed by atoms with Crippen LogP contribution in [0.5, 0.6) is 0 Å². The molecule has 0 saturated carbocycles. The molecule has 1 saturated heterocycles. The van der Waals surface area contributed by atoms with Gasteiger partial charge in [0.2, 0.25) is 0 Å². The Bertz CT molecular complexity index is 496. The summed E-state index contributed by atoms with van der Waals surface area (Å²) in [7, 11) is 2.06. The number of nitriles is 1. The van der Waals surface area contributed by atoms with Crippen LogP contribution in [0.4, 0.5) is 14.5 Å². The summed E-state index contributed by atoms with van der Waals surface area (Å²) in [6.45, 7) is 2.68. The monoisotopic (exact) mass is 265 g/mol. The van der Waals surface area contributed by atoms with Crippen molar-refractivity contribution in [2.24, 2.45) is 5.92 Å². The second kappa shape index (κ2) is 5.98. The zero-order valence-electron chi connectivity index (χ0n) is 10.9. The largest absolute Gasteiger partial charge is 0.382 e. The third-order valence-electron chi connectivity index (χ3n) is 3.51. The van der Waals surface area contributed by atoms with Crippen LogP contribution >= 0.6 is 0 Å². The first-order valence-electron chi connectivity index (χ1n) is 6.42. The molecule has 0 radical (unpaired) electrons. The number of hydrogen-bond acceptors (Lipinski definition) is 3. The first kappa shape index (κ1) is 13.8. The van der Waals surface area contributed by atoms with Crippen LogP contribution in [0, 0.1) is 28.9 Å². The van der Waals surface area contributed by atoms with Crippen molar-refractivity contribution in [2.45, 2.75) is 12.8 Å². The zero-order chi connectivity index (χ0) is 13.8. The van der Waals surface area contributed by atoms with Crippen LogP contribution in [-0.2, 0) is 0 Å². The van der Waals surface area contributed by atoms with Gasteiger partial charge in [0, 0.05) is 13.1 Å². The topological polar surface area (TPSA) is 39.1 Å². The molecule has 3 nitrogen and oxygen atoms in total. The zero-order valence-corrected chi connectivity index (χ0v) is 10.9. The summed E-state index contributed by atoms with van der Waals surface area (Å²) in [5, 5.41) is 11.6. The van der Waals surface area contributed by atoms with E-state index in [9.17, 15) is 8.78 Å². The Morgan fingerprint density at radius 2 is 2.21 bits per heavy atom. The Balaban J connectivity index is 2.00. The van der Waals surface area contributed by atoms with Crippen LogP contribution in [0.3, 0.4) is 0 Å². The molecular formula is C14H17F2N3. The summed E-state index contributed by atoms with van der Waals surface area (Å²) in [6.07, 6.45) is 2.23. The Morgan fingerprint density at radius 1 is 1.42 bits per heavy atom. The lowest BCUT2D eigenvalue weighted by molar-refractivity contribution is 0.217. The van der Waals surface area contributed by atoms with Crippen molar-refractivity contribution in [2.75, 3.05) is 32.0 Å². The second-order valence-corrected chi connectivity index (χ2v) is 5.05. The van der Waals surface area contributed by atoms with Gasteiger partial charge in [0.25, 0.3) is 0 Å². The Labute approximate surface area is 111 Å². The van der Waals surface area contributed by atoms with Gasteiger partial charge in [-0.2, -0.15) is 5.26 Å². The summed E-state index contributed by atoms with van der Waals surface area (Å²) < 4.78 is 27.1. The average Bonchev–Trinajstić information content (AvgIpc) is 2.41. The SMILES string of the molecule is CN1CCCC(CNc2ccc(C#N)c(F)c2F)C1. The third kappa shape index (κ3) is 3.21. The maximum Gasteiger partial charge on any atom is 0.183 e. The molecule has 1 atom stereocenters. The summed E-state index contributed by atoms with van der Waals surface area (Å²) >= 11 is 0. The molecule has 1 aliphatic rings. The predicted octanol–water partition coefficient (Wildman–Crippen LogP) is 2.59. The van der Waals surface area contributed by atoms with E-state index in [-0.39, 0.29) is 11.3 Å². The van der Waals surface area contributed by atoms with E-state index in [2.05, 4.69) is 17.3 Å². The molecule has 1 unspecified atom stereocenters. The minimum absolute atomic E-state index is 0.129. The number of anilines is 1. The van der Waals surface area contributed by atoms with Crippen LogP contribution in [-0.4, -0.2) is 31.6 Å².